The van der Waals surface area contributed by atoms with Crippen LogP contribution in [0.15, 0.2) is 69.6 Å². The molecule has 0 saturated heterocycles. The first-order valence-electron chi connectivity index (χ1n) is 8.59. The number of aromatic hydroxyl groups is 1. The lowest BCUT2D eigenvalue weighted by atomic mass is 10.1. The molecule has 0 atom stereocenters. The Morgan fingerprint density at radius 2 is 1.79 bits per heavy atom. The molecule has 140 valence electrons. The van der Waals surface area contributed by atoms with Gasteiger partial charge in [0.2, 0.25) is 5.88 Å². The van der Waals surface area contributed by atoms with E-state index in [0.717, 1.165) is 10.1 Å². The van der Waals surface area contributed by atoms with Gasteiger partial charge in [-0.05, 0) is 43.2 Å². The van der Waals surface area contributed by atoms with Crippen LogP contribution >= 0.6 is 11.6 Å². The fourth-order valence-electron chi connectivity index (χ4n) is 2.77. The van der Waals surface area contributed by atoms with Gasteiger partial charge < -0.3 is 5.11 Å². The Bertz CT molecular complexity index is 1110. The van der Waals surface area contributed by atoms with Gasteiger partial charge in [0.15, 0.2) is 5.69 Å². The fourth-order valence-corrected chi connectivity index (χ4v) is 2.89. The van der Waals surface area contributed by atoms with Crippen LogP contribution < -0.4 is 5.56 Å². The number of nitriles is 1. The zero-order chi connectivity index (χ0) is 20.1. The van der Waals surface area contributed by atoms with Crippen molar-refractivity contribution in [3.05, 3.63) is 86.7 Å². The highest BCUT2D eigenvalue weighted by molar-refractivity contribution is 6.30. The van der Waals surface area contributed by atoms with E-state index in [-0.39, 0.29) is 23.7 Å². The van der Waals surface area contributed by atoms with Gasteiger partial charge in [-0.1, -0.05) is 41.9 Å². The number of rotatable bonds is 5. The van der Waals surface area contributed by atoms with Crippen LogP contribution in [0.1, 0.15) is 16.7 Å². The van der Waals surface area contributed by atoms with Crippen LogP contribution in [-0.2, 0) is 13.0 Å². The summed E-state index contributed by atoms with van der Waals surface area (Å²) in [6.07, 6.45) is 0.524. The van der Waals surface area contributed by atoms with E-state index in [0.29, 0.717) is 22.7 Å². The maximum atomic E-state index is 12.9. The number of benzene rings is 2. The molecular formula is C21H17ClN4O2. The van der Waals surface area contributed by atoms with Crippen molar-refractivity contribution < 1.29 is 5.11 Å². The number of pyridine rings is 1. The molecular weight excluding hydrogens is 376 g/mol. The summed E-state index contributed by atoms with van der Waals surface area (Å²) < 4.78 is 1.16. The Balaban J connectivity index is 2.01. The normalized spacial score (nSPS) is 10.9. The van der Waals surface area contributed by atoms with Crippen molar-refractivity contribution in [1.29, 1.82) is 5.26 Å². The topological polar surface area (TPSA) is 90.7 Å². The van der Waals surface area contributed by atoms with Gasteiger partial charge in [0, 0.05) is 17.1 Å². The number of hydrogen-bond acceptors (Lipinski definition) is 5. The number of aromatic nitrogens is 1. The van der Waals surface area contributed by atoms with Gasteiger partial charge in [0.1, 0.15) is 11.6 Å². The van der Waals surface area contributed by atoms with Gasteiger partial charge in [0.25, 0.3) is 5.56 Å². The van der Waals surface area contributed by atoms with E-state index < -0.39 is 5.56 Å². The lowest BCUT2D eigenvalue weighted by molar-refractivity contribution is 0.404. The minimum atomic E-state index is -0.498. The van der Waals surface area contributed by atoms with E-state index in [2.05, 4.69) is 10.2 Å². The molecule has 0 unspecified atom stereocenters. The lowest BCUT2D eigenvalue weighted by Gasteiger charge is -2.13. The van der Waals surface area contributed by atoms with E-state index in [1.165, 1.54) is 0 Å². The molecule has 3 rings (SSSR count). The summed E-state index contributed by atoms with van der Waals surface area (Å²) in [4.78, 5) is 12.9. The Hall–Kier alpha value is -3.43. The first kappa shape index (κ1) is 19.3. The molecule has 2 aromatic carbocycles. The monoisotopic (exact) mass is 392 g/mol. The van der Waals surface area contributed by atoms with Gasteiger partial charge in [-0.2, -0.15) is 10.4 Å². The van der Waals surface area contributed by atoms with Crippen molar-refractivity contribution in [3.63, 3.8) is 0 Å². The molecule has 1 heterocycles. The molecule has 0 saturated carbocycles. The molecule has 1 N–H and O–H groups in total. The second kappa shape index (κ2) is 8.51. The third-order valence-corrected chi connectivity index (χ3v) is 4.58. The number of aryl methyl sites for hydroxylation is 1. The van der Waals surface area contributed by atoms with Gasteiger partial charge in [-0.25, -0.2) is 0 Å². The van der Waals surface area contributed by atoms with Crippen molar-refractivity contribution in [2.24, 2.45) is 10.2 Å². The predicted octanol–water partition coefficient (Wildman–Crippen LogP) is 5.05. The van der Waals surface area contributed by atoms with Crippen LogP contribution in [0, 0.1) is 18.3 Å². The number of azo groups is 1. The molecule has 6 nitrogen and oxygen atoms in total. The van der Waals surface area contributed by atoms with Crippen molar-refractivity contribution in [2.45, 2.75) is 19.9 Å². The minimum Gasteiger partial charge on any atom is -0.493 e. The first-order chi connectivity index (χ1) is 13.5. The van der Waals surface area contributed by atoms with E-state index >= 15 is 0 Å². The van der Waals surface area contributed by atoms with Crippen molar-refractivity contribution >= 4 is 23.0 Å². The van der Waals surface area contributed by atoms with Crippen LogP contribution in [-0.4, -0.2) is 9.67 Å². The summed E-state index contributed by atoms with van der Waals surface area (Å²) in [6.45, 7) is 1.78. The average molecular weight is 393 g/mol. The van der Waals surface area contributed by atoms with Crippen molar-refractivity contribution in [2.75, 3.05) is 0 Å². The Morgan fingerprint density at radius 1 is 1.11 bits per heavy atom. The average Bonchev–Trinajstić information content (AvgIpc) is 2.70. The Labute approximate surface area is 167 Å². The third-order valence-electron chi connectivity index (χ3n) is 4.33. The van der Waals surface area contributed by atoms with Crippen LogP contribution in [0.2, 0.25) is 5.02 Å². The molecule has 7 heteroatoms. The Morgan fingerprint density at radius 3 is 2.43 bits per heavy atom. The van der Waals surface area contributed by atoms with E-state index in [1.807, 2.05) is 36.4 Å². The zero-order valence-electron chi connectivity index (χ0n) is 15.1. The number of hydrogen-bond donors (Lipinski definition) is 1. The highest BCUT2D eigenvalue weighted by atomic mass is 35.5. The second-order valence-electron chi connectivity index (χ2n) is 6.15. The molecule has 0 aliphatic rings. The van der Waals surface area contributed by atoms with Crippen LogP contribution in [0.5, 0.6) is 5.88 Å². The summed E-state index contributed by atoms with van der Waals surface area (Å²) >= 11 is 5.85. The van der Waals surface area contributed by atoms with Gasteiger partial charge >= 0.3 is 0 Å². The molecule has 0 aliphatic heterocycles. The highest BCUT2D eigenvalue weighted by Crippen LogP contribution is 2.27. The molecule has 0 radical (unpaired) electrons. The maximum absolute atomic E-state index is 12.9. The van der Waals surface area contributed by atoms with Crippen molar-refractivity contribution in [1.82, 2.24) is 4.57 Å². The summed E-state index contributed by atoms with van der Waals surface area (Å²) in [5.74, 6) is -0.355. The summed E-state index contributed by atoms with van der Waals surface area (Å²) in [6, 6.07) is 18.2. The number of halogens is 1. The molecule has 0 bridgehead atoms. The molecule has 0 amide bonds. The third kappa shape index (κ3) is 4.11. The van der Waals surface area contributed by atoms with E-state index in [9.17, 15) is 15.2 Å². The summed E-state index contributed by atoms with van der Waals surface area (Å²) in [7, 11) is 0. The SMILES string of the molecule is Cc1c(C#N)c(O)n(CCc2ccccc2)c(=O)c1N=Nc1ccc(Cl)cc1. The standard InChI is InChI=1S/C21H17ClN4O2/c1-14-18(13-23)20(27)26(12-11-15-5-3-2-4-6-15)21(28)19(14)25-24-17-9-7-16(22)8-10-17/h2-10,27H,11-12H2,1H3. The fraction of sp³-hybridized carbons (Fsp3) is 0.143. The second-order valence-corrected chi connectivity index (χ2v) is 6.59. The van der Waals surface area contributed by atoms with E-state index in [1.54, 1.807) is 31.2 Å². The van der Waals surface area contributed by atoms with E-state index in [4.69, 9.17) is 11.6 Å². The Kier molecular flexibility index (Phi) is 5.87. The molecule has 0 fully saturated rings. The largest absolute Gasteiger partial charge is 0.493 e. The molecule has 0 aliphatic carbocycles. The summed E-state index contributed by atoms with van der Waals surface area (Å²) in [5, 5.41) is 28.5. The van der Waals surface area contributed by atoms with Gasteiger partial charge in [-0.3, -0.25) is 9.36 Å². The minimum absolute atomic E-state index is 0.0118. The molecule has 1 aromatic heterocycles. The first-order valence-corrected chi connectivity index (χ1v) is 8.96. The van der Waals surface area contributed by atoms with Crippen LogP contribution in [0.3, 0.4) is 0 Å². The smallest absolute Gasteiger partial charge is 0.281 e. The number of nitrogens with zero attached hydrogens (tertiary/aromatic N) is 4. The molecule has 3 aromatic rings. The van der Waals surface area contributed by atoms with Crippen molar-refractivity contribution in [3.8, 4) is 11.9 Å². The lowest BCUT2D eigenvalue weighted by Crippen LogP contribution is -2.22. The van der Waals surface area contributed by atoms with Gasteiger partial charge in [-0.15, -0.1) is 5.11 Å². The predicted molar refractivity (Wildman–Crippen MR) is 108 cm³/mol. The quantitative estimate of drug-likeness (QED) is 0.616. The van der Waals surface area contributed by atoms with Crippen LogP contribution in [0.4, 0.5) is 11.4 Å². The van der Waals surface area contributed by atoms with Crippen LogP contribution in [0.25, 0.3) is 0 Å². The van der Waals surface area contributed by atoms with Gasteiger partial charge in [0.05, 0.1) is 5.69 Å². The zero-order valence-corrected chi connectivity index (χ0v) is 15.9. The molecule has 28 heavy (non-hydrogen) atoms. The summed E-state index contributed by atoms with van der Waals surface area (Å²) in [5.41, 5.74) is 1.36. The highest BCUT2D eigenvalue weighted by Gasteiger charge is 2.19. The maximum Gasteiger partial charge on any atom is 0.281 e. The molecule has 0 spiro atoms.